The maximum atomic E-state index is 5.01. The van der Waals surface area contributed by atoms with Gasteiger partial charge < -0.3 is 4.74 Å². The molecule has 0 saturated heterocycles. The average Bonchev–Trinajstić information content (AvgIpc) is 2.34. The summed E-state index contributed by atoms with van der Waals surface area (Å²) in [6.07, 6.45) is 4.88. The second kappa shape index (κ2) is 3.48. The van der Waals surface area contributed by atoms with E-state index >= 15 is 0 Å². The lowest BCUT2D eigenvalue weighted by Crippen LogP contribution is -2.12. The van der Waals surface area contributed by atoms with E-state index in [-0.39, 0.29) is 6.10 Å². The number of nitrogens with one attached hydrogen (secondary N) is 1. The normalized spacial score (nSPS) is 24.3. The summed E-state index contributed by atoms with van der Waals surface area (Å²) in [5.41, 5.74) is 2.65. The van der Waals surface area contributed by atoms with Crippen molar-refractivity contribution in [3.63, 3.8) is 0 Å². The first-order chi connectivity index (χ1) is 4.43. The van der Waals surface area contributed by atoms with E-state index in [9.17, 15) is 0 Å². The van der Waals surface area contributed by atoms with Gasteiger partial charge in [-0.05, 0) is 6.08 Å². The zero-order valence-corrected chi connectivity index (χ0v) is 5.46. The van der Waals surface area contributed by atoms with Crippen LogP contribution in [0.15, 0.2) is 12.3 Å². The number of rotatable bonds is 3. The molecule has 1 aliphatic rings. The van der Waals surface area contributed by atoms with Crippen molar-refractivity contribution in [2.45, 2.75) is 12.5 Å². The molecule has 0 amide bonds. The van der Waals surface area contributed by atoms with Crippen LogP contribution in [0.5, 0.6) is 0 Å². The molecule has 9 heavy (non-hydrogen) atoms. The summed E-state index contributed by atoms with van der Waals surface area (Å²) in [4.78, 5) is 5.01. The van der Waals surface area contributed by atoms with Gasteiger partial charge in [0.2, 0.25) is 0 Å². The molecule has 0 aromatic carbocycles. The summed E-state index contributed by atoms with van der Waals surface area (Å²) in [6.45, 7) is 0.747. The fourth-order valence-electron chi connectivity index (χ4n) is 0.702. The molecular formula is C6H11NO2. The highest BCUT2D eigenvalue weighted by Crippen LogP contribution is 2.02. The van der Waals surface area contributed by atoms with Crippen LogP contribution in [0, 0.1) is 0 Å². The van der Waals surface area contributed by atoms with Gasteiger partial charge >= 0.3 is 0 Å². The minimum absolute atomic E-state index is 0.199. The van der Waals surface area contributed by atoms with Gasteiger partial charge in [-0.3, -0.25) is 10.3 Å². The lowest BCUT2D eigenvalue weighted by atomic mass is 10.3. The van der Waals surface area contributed by atoms with Gasteiger partial charge in [-0.1, -0.05) is 0 Å². The van der Waals surface area contributed by atoms with Crippen LogP contribution in [-0.4, -0.2) is 19.8 Å². The number of ether oxygens (including phenoxy) is 1. The van der Waals surface area contributed by atoms with Crippen molar-refractivity contribution in [1.29, 1.82) is 0 Å². The van der Waals surface area contributed by atoms with Crippen molar-refractivity contribution < 1.29 is 9.57 Å². The standard InChI is InChI=1S/C6H11NO2/c1-8-5-3-6-2-4-7-9-6/h2,4,6-7H,3,5H2,1H3. The molecule has 1 atom stereocenters. The molecule has 1 rings (SSSR count). The number of methoxy groups -OCH3 is 1. The van der Waals surface area contributed by atoms with Gasteiger partial charge in [-0.25, -0.2) is 0 Å². The smallest absolute Gasteiger partial charge is 0.107 e. The Hall–Kier alpha value is -0.540. The highest BCUT2D eigenvalue weighted by molar-refractivity contribution is 4.90. The first-order valence-corrected chi connectivity index (χ1v) is 3.00. The summed E-state index contributed by atoms with van der Waals surface area (Å²) in [5, 5.41) is 0. The van der Waals surface area contributed by atoms with Gasteiger partial charge in [0.1, 0.15) is 6.10 Å². The lowest BCUT2D eigenvalue weighted by Gasteiger charge is -2.04. The van der Waals surface area contributed by atoms with Crippen molar-refractivity contribution in [2.24, 2.45) is 0 Å². The maximum Gasteiger partial charge on any atom is 0.107 e. The van der Waals surface area contributed by atoms with E-state index in [0.717, 1.165) is 13.0 Å². The van der Waals surface area contributed by atoms with Crippen molar-refractivity contribution in [1.82, 2.24) is 5.48 Å². The summed E-state index contributed by atoms with van der Waals surface area (Å²) in [6, 6.07) is 0. The molecule has 3 nitrogen and oxygen atoms in total. The van der Waals surface area contributed by atoms with Crippen LogP contribution in [0.3, 0.4) is 0 Å². The number of hydroxylamine groups is 1. The molecular weight excluding hydrogens is 118 g/mol. The predicted octanol–water partition coefficient (Wildman–Crippen LogP) is 0.440. The van der Waals surface area contributed by atoms with Gasteiger partial charge in [-0.15, -0.1) is 0 Å². The van der Waals surface area contributed by atoms with Crippen LogP contribution in [0.1, 0.15) is 6.42 Å². The topological polar surface area (TPSA) is 30.5 Å². The zero-order valence-electron chi connectivity index (χ0n) is 5.46. The van der Waals surface area contributed by atoms with Crippen LogP contribution in [-0.2, 0) is 9.57 Å². The SMILES string of the molecule is COCCC1C=CNO1. The van der Waals surface area contributed by atoms with E-state index in [1.165, 1.54) is 0 Å². The summed E-state index contributed by atoms with van der Waals surface area (Å²) in [5.74, 6) is 0. The Morgan fingerprint density at radius 2 is 2.67 bits per heavy atom. The fourth-order valence-corrected chi connectivity index (χ4v) is 0.702. The van der Waals surface area contributed by atoms with Gasteiger partial charge in [-0.2, -0.15) is 0 Å². The largest absolute Gasteiger partial charge is 0.385 e. The summed E-state index contributed by atoms with van der Waals surface area (Å²) < 4.78 is 4.86. The summed E-state index contributed by atoms with van der Waals surface area (Å²) >= 11 is 0. The predicted molar refractivity (Wildman–Crippen MR) is 33.6 cm³/mol. The molecule has 0 aliphatic carbocycles. The van der Waals surface area contributed by atoms with E-state index in [1.807, 2.05) is 6.08 Å². The average molecular weight is 129 g/mol. The highest BCUT2D eigenvalue weighted by atomic mass is 16.7. The van der Waals surface area contributed by atoms with Crippen molar-refractivity contribution in [3.8, 4) is 0 Å². The molecule has 0 fully saturated rings. The Kier molecular flexibility index (Phi) is 2.54. The molecule has 1 aliphatic heterocycles. The molecule has 0 aromatic rings. The molecule has 1 N–H and O–H groups in total. The van der Waals surface area contributed by atoms with Crippen LogP contribution < -0.4 is 5.48 Å². The van der Waals surface area contributed by atoms with Crippen LogP contribution in [0.25, 0.3) is 0 Å². The van der Waals surface area contributed by atoms with Crippen LogP contribution >= 0.6 is 0 Å². The minimum Gasteiger partial charge on any atom is -0.385 e. The van der Waals surface area contributed by atoms with Gasteiger partial charge in [0.15, 0.2) is 0 Å². The Balaban J connectivity index is 2.05. The van der Waals surface area contributed by atoms with Crippen molar-refractivity contribution in [3.05, 3.63) is 12.3 Å². The van der Waals surface area contributed by atoms with Crippen LogP contribution in [0.2, 0.25) is 0 Å². The van der Waals surface area contributed by atoms with Crippen LogP contribution in [0.4, 0.5) is 0 Å². The molecule has 0 radical (unpaired) electrons. The van der Waals surface area contributed by atoms with Crippen molar-refractivity contribution in [2.75, 3.05) is 13.7 Å². The fraction of sp³-hybridized carbons (Fsp3) is 0.667. The van der Waals surface area contributed by atoms with Gasteiger partial charge in [0.05, 0.1) is 0 Å². The monoisotopic (exact) mass is 129 g/mol. The van der Waals surface area contributed by atoms with Crippen molar-refractivity contribution >= 4 is 0 Å². The Bertz CT molecular complexity index is 103. The minimum atomic E-state index is 0.199. The maximum absolute atomic E-state index is 5.01. The first kappa shape index (κ1) is 6.58. The third-order valence-electron chi connectivity index (χ3n) is 1.20. The zero-order chi connectivity index (χ0) is 6.53. The number of hydrogen-bond acceptors (Lipinski definition) is 3. The lowest BCUT2D eigenvalue weighted by molar-refractivity contribution is 0.0280. The molecule has 0 spiro atoms. The quantitative estimate of drug-likeness (QED) is 0.599. The van der Waals surface area contributed by atoms with E-state index in [0.29, 0.717) is 0 Å². The van der Waals surface area contributed by atoms with Gasteiger partial charge in [0, 0.05) is 26.3 Å². The first-order valence-electron chi connectivity index (χ1n) is 3.00. The second-order valence-electron chi connectivity index (χ2n) is 1.91. The summed E-state index contributed by atoms with van der Waals surface area (Å²) in [7, 11) is 1.69. The Morgan fingerprint density at radius 1 is 1.78 bits per heavy atom. The van der Waals surface area contributed by atoms with E-state index < -0.39 is 0 Å². The molecule has 0 saturated carbocycles. The molecule has 3 heteroatoms. The molecule has 0 aromatic heterocycles. The highest BCUT2D eigenvalue weighted by Gasteiger charge is 2.07. The molecule has 1 unspecified atom stereocenters. The van der Waals surface area contributed by atoms with Gasteiger partial charge in [0.25, 0.3) is 0 Å². The van der Waals surface area contributed by atoms with E-state index in [4.69, 9.17) is 9.57 Å². The Morgan fingerprint density at radius 3 is 3.22 bits per heavy atom. The second-order valence-corrected chi connectivity index (χ2v) is 1.91. The molecule has 1 heterocycles. The molecule has 52 valence electrons. The van der Waals surface area contributed by atoms with E-state index in [1.54, 1.807) is 13.3 Å². The third-order valence-corrected chi connectivity index (χ3v) is 1.20. The number of hydrogen-bond donors (Lipinski definition) is 1. The Labute approximate surface area is 54.6 Å². The third kappa shape index (κ3) is 2.03. The van der Waals surface area contributed by atoms with E-state index in [2.05, 4.69) is 5.48 Å². The molecule has 0 bridgehead atoms.